The highest BCUT2D eigenvalue weighted by molar-refractivity contribution is 5.51. The van der Waals surface area contributed by atoms with Crippen LogP contribution >= 0.6 is 0 Å². The van der Waals surface area contributed by atoms with E-state index in [1.807, 2.05) is 21.0 Å². The SMILES string of the molecule is CNc1cc(N2CCN(c3ccccc3)CC2)nc(C)[n+]1C. The van der Waals surface area contributed by atoms with Gasteiger partial charge in [0.15, 0.2) is 0 Å². The number of benzene rings is 1. The van der Waals surface area contributed by atoms with Gasteiger partial charge in [-0.05, 0) is 12.1 Å². The summed E-state index contributed by atoms with van der Waals surface area (Å²) in [6, 6.07) is 12.8. The van der Waals surface area contributed by atoms with Gasteiger partial charge in [-0.25, -0.2) is 4.57 Å². The van der Waals surface area contributed by atoms with Crippen LogP contribution in [0.4, 0.5) is 17.3 Å². The minimum atomic E-state index is 0.998. The van der Waals surface area contributed by atoms with Gasteiger partial charge in [-0.2, -0.15) is 0 Å². The highest BCUT2D eigenvalue weighted by Crippen LogP contribution is 2.20. The minimum absolute atomic E-state index is 0.998. The fraction of sp³-hybridized carbons (Fsp3) is 0.412. The Labute approximate surface area is 132 Å². The monoisotopic (exact) mass is 298 g/mol. The Morgan fingerprint density at radius 3 is 2.32 bits per heavy atom. The van der Waals surface area contributed by atoms with Crippen molar-refractivity contribution in [2.45, 2.75) is 6.92 Å². The highest BCUT2D eigenvalue weighted by atomic mass is 15.3. The summed E-state index contributed by atoms with van der Waals surface area (Å²) >= 11 is 0. The molecule has 5 heteroatoms. The molecule has 1 N–H and O–H groups in total. The molecule has 2 aromatic rings. The fourth-order valence-corrected chi connectivity index (χ4v) is 2.90. The molecular weight excluding hydrogens is 274 g/mol. The Kier molecular flexibility index (Phi) is 4.13. The van der Waals surface area contributed by atoms with Crippen LogP contribution in [0, 0.1) is 6.92 Å². The van der Waals surface area contributed by atoms with Crippen molar-refractivity contribution >= 4 is 17.3 Å². The van der Waals surface area contributed by atoms with Crippen LogP contribution < -0.4 is 19.7 Å². The van der Waals surface area contributed by atoms with Crippen LogP contribution in [0.3, 0.4) is 0 Å². The second kappa shape index (κ2) is 6.22. The molecule has 3 rings (SSSR count). The average molecular weight is 298 g/mol. The number of aromatic nitrogens is 2. The first-order valence-electron chi connectivity index (χ1n) is 7.79. The Balaban J connectivity index is 1.73. The van der Waals surface area contributed by atoms with Gasteiger partial charge in [-0.3, -0.25) is 0 Å². The number of rotatable bonds is 3. The van der Waals surface area contributed by atoms with Crippen molar-refractivity contribution in [1.29, 1.82) is 0 Å². The molecule has 1 saturated heterocycles. The van der Waals surface area contributed by atoms with E-state index in [-0.39, 0.29) is 0 Å². The summed E-state index contributed by atoms with van der Waals surface area (Å²) in [4.78, 5) is 9.54. The standard InChI is InChI=1S/C17H23N5/c1-14-19-17(13-16(18-2)20(14)3)22-11-9-21(10-12-22)15-7-5-4-6-8-15/h4-8,13H,9-12H2,1-3H3/p+1. The predicted octanol–water partition coefficient (Wildman–Crippen LogP) is 1.58. The van der Waals surface area contributed by atoms with Crippen molar-refractivity contribution in [3.63, 3.8) is 0 Å². The summed E-state index contributed by atoms with van der Waals surface area (Å²) < 4.78 is 2.07. The molecule has 1 aliphatic heterocycles. The third-order valence-corrected chi connectivity index (χ3v) is 4.37. The van der Waals surface area contributed by atoms with Gasteiger partial charge in [0, 0.05) is 45.8 Å². The maximum absolute atomic E-state index is 4.73. The lowest BCUT2D eigenvalue weighted by molar-refractivity contribution is -0.666. The van der Waals surface area contributed by atoms with E-state index in [9.17, 15) is 0 Å². The zero-order valence-electron chi connectivity index (χ0n) is 13.6. The topological polar surface area (TPSA) is 35.3 Å². The molecule has 5 nitrogen and oxygen atoms in total. The van der Waals surface area contributed by atoms with E-state index in [2.05, 4.69) is 56.1 Å². The van der Waals surface area contributed by atoms with E-state index in [4.69, 9.17) is 4.98 Å². The molecule has 0 unspecified atom stereocenters. The number of anilines is 3. The van der Waals surface area contributed by atoms with Gasteiger partial charge in [0.1, 0.15) is 0 Å². The summed E-state index contributed by atoms with van der Waals surface area (Å²) in [6.45, 7) is 6.10. The first kappa shape index (κ1) is 14.6. The minimum Gasteiger partial charge on any atom is -0.368 e. The third-order valence-electron chi connectivity index (χ3n) is 4.37. The van der Waals surface area contributed by atoms with Crippen molar-refractivity contribution in [3.05, 3.63) is 42.2 Å². The first-order valence-corrected chi connectivity index (χ1v) is 7.79. The lowest BCUT2D eigenvalue weighted by Crippen LogP contribution is -2.47. The van der Waals surface area contributed by atoms with E-state index in [0.717, 1.165) is 43.6 Å². The fourth-order valence-electron chi connectivity index (χ4n) is 2.90. The molecule has 2 heterocycles. The summed E-state index contributed by atoms with van der Waals surface area (Å²) in [6.07, 6.45) is 0. The van der Waals surface area contributed by atoms with Crippen molar-refractivity contribution in [2.24, 2.45) is 7.05 Å². The van der Waals surface area contributed by atoms with Crippen molar-refractivity contribution in [3.8, 4) is 0 Å². The van der Waals surface area contributed by atoms with E-state index in [0.29, 0.717) is 0 Å². The smallest absolute Gasteiger partial charge is 0.237 e. The van der Waals surface area contributed by atoms with Crippen LogP contribution in [0.25, 0.3) is 0 Å². The van der Waals surface area contributed by atoms with Crippen molar-refractivity contribution < 1.29 is 4.57 Å². The second-order valence-corrected chi connectivity index (χ2v) is 5.67. The molecule has 0 bridgehead atoms. The van der Waals surface area contributed by atoms with Gasteiger partial charge in [0.05, 0.1) is 13.1 Å². The van der Waals surface area contributed by atoms with Crippen LogP contribution in [0.5, 0.6) is 0 Å². The molecule has 22 heavy (non-hydrogen) atoms. The largest absolute Gasteiger partial charge is 0.368 e. The summed E-state index contributed by atoms with van der Waals surface area (Å²) in [7, 11) is 3.98. The van der Waals surface area contributed by atoms with Crippen LogP contribution in [0.15, 0.2) is 36.4 Å². The van der Waals surface area contributed by atoms with Crippen LogP contribution in [-0.4, -0.2) is 38.2 Å². The van der Waals surface area contributed by atoms with Crippen LogP contribution in [0.2, 0.25) is 0 Å². The molecule has 0 amide bonds. The summed E-state index contributed by atoms with van der Waals surface area (Å²) in [5.74, 6) is 3.17. The molecule has 116 valence electrons. The maximum atomic E-state index is 4.73. The zero-order valence-corrected chi connectivity index (χ0v) is 13.6. The number of piperazine rings is 1. The first-order chi connectivity index (χ1) is 10.7. The number of nitrogens with zero attached hydrogens (tertiary/aromatic N) is 4. The molecule has 1 aromatic carbocycles. The van der Waals surface area contributed by atoms with Gasteiger partial charge in [0.2, 0.25) is 17.5 Å². The van der Waals surface area contributed by atoms with Gasteiger partial charge < -0.3 is 15.1 Å². The average Bonchev–Trinajstić information content (AvgIpc) is 2.58. The zero-order chi connectivity index (χ0) is 15.5. The number of hydrogen-bond donors (Lipinski definition) is 1. The Hall–Kier alpha value is -2.30. The lowest BCUT2D eigenvalue weighted by Gasteiger charge is -2.36. The Morgan fingerprint density at radius 2 is 1.68 bits per heavy atom. The predicted molar refractivity (Wildman–Crippen MR) is 90.6 cm³/mol. The van der Waals surface area contributed by atoms with E-state index < -0.39 is 0 Å². The quantitative estimate of drug-likeness (QED) is 0.873. The lowest BCUT2D eigenvalue weighted by atomic mass is 10.2. The van der Waals surface area contributed by atoms with Crippen LogP contribution in [-0.2, 0) is 7.05 Å². The van der Waals surface area contributed by atoms with E-state index in [1.165, 1.54) is 5.69 Å². The van der Waals surface area contributed by atoms with E-state index in [1.54, 1.807) is 0 Å². The van der Waals surface area contributed by atoms with E-state index >= 15 is 0 Å². The maximum Gasteiger partial charge on any atom is 0.237 e. The highest BCUT2D eigenvalue weighted by Gasteiger charge is 2.22. The van der Waals surface area contributed by atoms with Crippen molar-refractivity contribution in [2.75, 3.05) is 48.3 Å². The number of hydrogen-bond acceptors (Lipinski definition) is 4. The number of aryl methyl sites for hydroxylation is 1. The number of para-hydroxylation sites is 1. The molecule has 0 spiro atoms. The van der Waals surface area contributed by atoms with Gasteiger partial charge in [0.25, 0.3) is 0 Å². The molecule has 1 aromatic heterocycles. The third kappa shape index (κ3) is 2.84. The molecular formula is C17H24N5+. The Bertz CT molecular complexity index is 633. The summed E-state index contributed by atoms with van der Waals surface area (Å²) in [5, 5.41) is 3.24. The van der Waals surface area contributed by atoms with Gasteiger partial charge in [-0.15, -0.1) is 0 Å². The van der Waals surface area contributed by atoms with Crippen LogP contribution in [0.1, 0.15) is 5.82 Å². The molecule has 0 radical (unpaired) electrons. The molecule has 0 saturated carbocycles. The molecule has 0 aliphatic carbocycles. The summed E-state index contributed by atoms with van der Waals surface area (Å²) in [5.41, 5.74) is 1.31. The second-order valence-electron chi connectivity index (χ2n) is 5.67. The Morgan fingerprint density at radius 1 is 1.05 bits per heavy atom. The molecule has 1 aliphatic rings. The molecule has 0 atom stereocenters. The molecule has 1 fully saturated rings. The van der Waals surface area contributed by atoms with Crippen molar-refractivity contribution in [1.82, 2.24) is 4.98 Å². The van der Waals surface area contributed by atoms with Gasteiger partial charge in [-0.1, -0.05) is 23.2 Å². The normalized spacial score (nSPS) is 15.0. The number of nitrogens with one attached hydrogen (secondary N) is 1. The van der Waals surface area contributed by atoms with Gasteiger partial charge >= 0.3 is 0 Å².